The Hall–Kier alpha value is -2.79. The third kappa shape index (κ3) is 4.54. The number of amides is 2. The van der Waals surface area contributed by atoms with Crippen LogP contribution in [0.1, 0.15) is 38.8 Å². The van der Waals surface area contributed by atoms with E-state index in [2.05, 4.69) is 0 Å². The smallest absolute Gasteiger partial charge is 0.494 e. The lowest BCUT2D eigenvalue weighted by molar-refractivity contribution is 0.00578. The SMILES string of the molecule is COc1cccc(N(N)C(=O)NN)c1COc1ccc(B2OC(C)(C)C(C)(C)O2)cc1C. The fourth-order valence-electron chi connectivity index (χ4n) is 3.41. The van der Waals surface area contributed by atoms with Gasteiger partial charge in [-0.05, 0) is 63.8 Å². The number of methoxy groups -OCH3 is 1. The number of anilines is 1. The van der Waals surface area contributed by atoms with Gasteiger partial charge in [-0.3, -0.25) is 5.43 Å². The van der Waals surface area contributed by atoms with Gasteiger partial charge in [-0.15, -0.1) is 0 Å². The summed E-state index contributed by atoms with van der Waals surface area (Å²) in [5.41, 5.74) is 4.04. The molecule has 1 saturated heterocycles. The number of ether oxygens (including phenoxy) is 2. The number of nitrogens with one attached hydrogen (secondary N) is 1. The van der Waals surface area contributed by atoms with E-state index < -0.39 is 24.4 Å². The van der Waals surface area contributed by atoms with E-state index in [1.165, 1.54) is 7.11 Å². The second kappa shape index (κ2) is 8.99. The van der Waals surface area contributed by atoms with Gasteiger partial charge in [0.05, 0.1) is 29.6 Å². The Bertz CT molecular complexity index is 982. The highest BCUT2D eigenvalue weighted by atomic mass is 16.7. The number of hydrazine groups is 2. The summed E-state index contributed by atoms with van der Waals surface area (Å²) in [5, 5.41) is 0.912. The van der Waals surface area contributed by atoms with E-state index in [1.54, 1.807) is 18.2 Å². The molecule has 9 nitrogen and oxygen atoms in total. The normalized spacial score (nSPS) is 16.6. The Labute approximate surface area is 189 Å². The fraction of sp³-hybridized carbons (Fsp3) is 0.409. The minimum atomic E-state index is -0.664. The molecule has 2 aromatic carbocycles. The maximum atomic E-state index is 11.9. The first-order chi connectivity index (χ1) is 15.0. The van der Waals surface area contributed by atoms with E-state index in [-0.39, 0.29) is 6.61 Å². The third-order valence-electron chi connectivity index (χ3n) is 6.03. The van der Waals surface area contributed by atoms with E-state index in [4.69, 9.17) is 30.5 Å². The summed E-state index contributed by atoms with van der Waals surface area (Å²) in [4.78, 5) is 11.9. The molecular weight excluding hydrogens is 411 g/mol. The van der Waals surface area contributed by atoms with E-state index in [9.17, 15) is 4.79 Å². The molecule has 10 heteroatoms. The van der Waals surface area contributed by atoms with E-state index in [0.29, 0.717) is 22.7 Å². The van der Waals surface area contributed by atoms with Crippen LogP contribution in [0.3, 0.4) is 0 Å². The summed E-state index contributed by atoms with van der Waals surface area (Å²) < 4.78 is 23.8. The Morgan fingerprint density at radius 2 is 1.78 bits per heavy atom. The molecule has 0 saturated carbocycles. The molecule has 0 spiro atoms. The molecule has 0 aromatic heterocycles. The number of aryl methyl sites for hydroxylation is 1. The molecule has 172 valence electrons. The summed E-state index contributed by atoms with van der Waals surface area (Å²) in [7, 11) is 1.09. The van der Waals surface area contributed by atoms with Gasteiger partial charge in [-0.1, -0.05) is 18.2 Å². The number of urea groups is 1. The fourth-order valence-corrected chi connectivity index (χ4v) is 3.41. The molecule has 3 rings (SSSR count). The number of nitrogens with zero attached hydrogens (tertiary/aromatic N) is 1. The molecule has 2 amide bonds. The van der Waals surface area contributed by atoms with Crippen molar-refractivity contribution in [1.29, 1.82) is 0 Å². The van der Waals surface area contributed by atoms with Crippen molar-refractivity contribution in [3.8, 4) is 11.5 Å². The lowest BCUT2D eigenvalue weighted by atomic mass is 9.78. The lowest BCUT2D eigenvalue weighted by Crippen LogP contribution is -2.48. The predicted molar refractivity (Wildman–Crippen MR) is 124 cm³/mol. The van der Waals surface area contributed by atoms with Crippen LogP contribution in [0.15, 0.2) is 36.4 Å². The largest absolute Gasteiger partial charge is 0.496 e. The van der Waals surface area contributed by atoms with Crippen molar-refractivity contribution in [2.24, 2.45) is 11.7 Å². The minimum Gasteiger partial charge on any atom is -0.496 e. The van der Waals surface area contributed by atoms with Crippen molar-refractivity contribution in [2.45, 2.75) is 52.4 Å². The summed E-state index contributed by atoms with van der Waals surface area (Å²) >= 11 is 0. The van der Waals surface area contributed by atoms with Crippen molar-refractivity contribution in [2.75, 3.05) is 12.1 Å². The van der Waals surface area contributed by atoms with Crippen molar-refractivity contribution in [3.63, 3.8) is 0 Å². The second-order valence-electron chi connectivity index (χ2n) is 8.68. The maximum Gasteiger partial charge on any atom is 0.494 e. The van der Waals surface area contributed by atoms with Crippen LogP contribution in [0, 0.1) is 6.92 Å². The highest BCUT2D eigenvalue weighted by Crippen LogP contribution is 2.37. The van der Waals surface area contributed by atoms with Gasteiger partial charge in [0.1, 0.15) is 18.1 Å². The van der Waals surface area contributed by atoms with Crippen LogP contribution in [0.25, 0.3) is 0 Å². The average molecular weight is 442 g/mol. The van der Waals surface area contributed by atoms with Gasteiger partial charge in [0, 0.05) is 0 Å². The van der Waals surface area contributed by atoms with Crippen molar-refractivity contribution in [3.05, 3.63) is 47.5 Å². The summed E-state index contributed by atoms with van der Waals surface area (Å²) in [6.45, 7) is 10.2. The number of carbonyl (C=O) groups excluding carboxylic acids is 1. The van der Waals surface area contributed by atoms with Gasteiger partial charge >= 0.3 is 13.1 Å². The van der Waals surface area contributed by atoms with Crippen LogP contribution < -0.4 is 37.1 Å². The lowest BCUT2D eigenvalue weighted by Gasteiger charge is -2.32. The number of nitrogens with two attached hydrogens (primary N) is 2. The van der Waals surface area contributed by atoms with Gasteiger partial charge in [-0.25, -0.2) is 21.5 Å². The van der Waals surface area contributed by atoms with Gasteiger partial charge in [0.25, 0.3) is 0 Å². The highest BCUT2D eigenvalue weighted by Gasteiger charge is 2.51. The molecule has 32 heavy (non-hydrogen) atoms. The molecule has 0 atom stereocenters. The molecular formula is C22H31BN4O5. The number of carbonyl (C=O) groups is 1. The quantitative estimate of drug-likeness (QED) is 0.271. The number of benzene rings is 2. The summed E-state index contributed by atoms with van der Waals surface area (Å²) in [6.07, 6.45) is 0. The van der Waals surface area contributed by atoms with E-state index >= 15 is 0 Å². The molecule has 0 radical (unpaired) electrons. The van der Waals surface area contributed by atoms with Crippen molar-refractivity contribution >= 4 is 24.3 Å². The van der Waals surface area contributed by atoms with E-state index in [0.717, 1.165) is 16.0 Å². The monoisotopic (exact) mass is 442 g/mol. The van der Waals surface area contributed by atoms with E-state index in [1.807, 2.05) is 58.2 Å². The molecule has 1 fully saturated rings. The number of hydrogen-bond donors (Lipinski definition) is 3. The molecule has 0 unspecified atom stereocenters. The molecule has 2 aromatic rings. The first kappa shape index (κ1) is 23.9. The number of hydrogen-bond acceptors (Lipinski definition) is 7. The van der Waals surface area contributed by atoms with Gasteiger partial charge in [0.2, 0.25) is 0 Å². The highest BCUT2D eigenvalue weighted by molar-refractivity contribution is 6.62. The minimum absolute atomic E-state index is 0.127. The first-order valence-electron chi connectivity index (χ1n) is 10.3. The van der Waals surface area contributed by atoms with Crippen molar-refractivity contribution in [1.82, 2.24) is 5.43 Å². The zero-order valence-corrected chi connectivity index (χ0v) is 19.4. The topological polar surface area (TPSA) is 121 Å². The Balaban J connectivity index is 1.81. The first-order valence-corrected chi connectivity index (χ1v) is 10.3. The predicted octanol–water partition coefficient (Wildman–Crippen LogP) is 2.15. The van der Waals surface area contributed by atoms with Crippen LogP contribution in [-0.2, 0) is 15.9 Å². The zero-order chi connectivity index (χ0) is 23.7. The molecule has 1 heterocycles. The van der Waals surface area contributed by atoms with Crippen LogP contribution in [0.2, 0.25) is 0 Å². The molecule has 0 aliphatic carbocycles. The molecule has 1 aliphatic rings. The van der Waals surface area contributed by atoms with Crippen LogP contribution in [0.4, 0.5) is 10.5 Å². The van der Waals surface area contributed by atoms with Crippen LogP contribution in [-0.4, -0.2) is 31.5 Å². The van der Waals surface area contributed by atoms with Gasteiger partial charge in [0.15, 0.2) is 0 Å². The van der Waals surface area contributed by atoms with Crippen molar-refractivity contribution < 1.29 is 23.6 Å². The Kier molecular flexibility index (Phi) is 6.71. The standard InChI is InChI=1S/C22H31BN4O5/c1-14-12-15(23-31-21(2,3)22(4,5)32-23)10-11-18(14)30-13-16-17(27(25)20(28)26-24)8-7-9-19(16)29-6/h7-12H,13,24-25H2,1-6H3,(H,26,28). The Morgan fingerprint density at radius 1 is 1.12 bits per heavy atom. The molecule has 5 N–H and O–H groups in total. The maximum absolute atomic E-state index is 11.9. The average Bonchev–Trinajstić information content (AvgIpc) is 2.98. The van der Waals surface area contributed by atoms with Crippen LogP contribution in [0.5, 0.6) is 11.5 Å². The summed E-state index contributed by atoms with van der Waals surface area (Å²) in [5.74, 6) is 12.3. The van der Waals surface area contributed by atoms with Gasteiger partial charge in [-0.2, -0.15) is 0 Å². The molecule has 1 aliphatic heterocycles. The Morgan fingerprint density at radius 3 is 2.34 bits per heavy atom. The molecule has 0 bridgehead atoms. The zero-order valence-electron chi connectivity index (χ0n) is 19.4. The summed E-state index contributed by atoms with van der Waals surface area (Å²) in [6, 6.07) is 10.3. The van der Waals surface area contributed by atoms with Crippen LogP contribution >= 0.6 is 0 Å². The number of rotatable bonds is 6. The van der Waals surface area contributed by atoms with Gasteiger partial charge < -0.3 is 18.8 Å². The second-order valence-corrected chi connectivity index (χ2v) is 8.68. The third-order valence-corrected chi connectivity index (χ3v) is 6.03.